The van der Waals surface area contributed by atoms with Crippen molar-refractivity contribution in [2.75, 3.05) is 0 Å². The number of benzene rings is 7. The molecule has 45 heavy (non-hydrogen) atoms. The summed E-state index contributed by atoms with van der Waals surface area (Å²) in [5, 5.41) is 7.18. The molecule has 0 saturated heterocycles. The van der Waals surface area contributed by atoms with E-state index < -0.39 is 0 Å². The molecule has 0 unspecified atom stereocenters. The van der Waals surface area contributed by atoms with Gasteiger partial charge in [-0.25, -0.2) is 15.0 Å². The highest BCUT2D eigenvalue weighted by Crippen LogP contribution is 2.39. The molecule has 0 atom stereocenters. The number of fused-ring (bicyclic) bond motifs is 5. The Morgan fingerprint density at radius 2 is 0.956 bits per heavy atom. The van der Waals surface area contributed by atoms with Crippen molar-refractivity contribution >= 4 is 53.1 Å². The largest absolute Gasteiger partial charge is 0.208 e. The number of hydrogen-bond donors (Lipinski definition) is 0. The van der Waals surface area contributed by atoms with Crippen molar-refractivity contribution in [2.45, 2.75) is 0 Å². The third-order valence-electron chi connectivity index (χ3n) is 8.49. The predicted molar refractivity (Wildman–Crippen MR) is 189 cm³/mol. The number of nitrogens with zero attached hydrogens (tertiary/aromatic N) is 3. The highest BCUT2D eigenvalue weighted by Gasteiger charge is 2.16. The lowest BCUT2D eigenvalue weighted by Gasteiger charge is -2.13. The maximum atomic E-state index is 5.15. The van der Waals surface area contributed by atoms with Crippen molar-refractivity contribution in [2.24, 2.45) is 0 Å². The van der Waals surface area contributed by atoms with Gasteiger partial charge in [-0.15, -0.1) is 11.3 Å². The Labute approximate surface area is 264 Å². The summed E-state index contributed by atoms with van der Waals surface area (Å²) in [6, 6.07) is 53.4. The second-order valence-corrected chi connectivity index (χ2v) is 12.4. The molecule has 9 rings (SSSR count). The molecule has 0 amide bonds. The Morgan fingerprint density at radius 3 is 1.82 bits per heavy atom. The minimum atomic E-state index is 0.657. The van der Waals surface area contributed by atoms with Crippen molar-refractivity contribution in [1.29, 1.82) is 0 Å². The maximum absolute atomic E-state index is 5.15. The van der Waals surface area contributed by atoms with Gasteiger partial charge in [0.2, 0.25) is 0 Å². The van der Waals surface area contributed by atoms with Crippen LogP contribution in [0.1, 0.15) is 0 Å². The van der Waals surface area contributed by atoms with E-state index in [0.29, 0.717) is 17.5 Å². The van der Waals surface area contributed by atoms with E-state index >= 15 is 0 Å². The third-order valence-corrected chi connectivity index (χ3v) is 9.64. The minimum absolute atomic E-state index is 0.657. The first-order valence-corrected chi connectivity index (χ1v) is 15.8. The van der Waals surface area contributed by atoms with Gasteiger partial charge in [-0.05, 0) is 69.1 Å². The van der Waals surface area contributed by atoms with Crippen LogP contribution in [0.2, 0.25) is 0 Å². The zero-order valence-electron chi connectivity index (χ0n) is 24.2. The summed E-state index contributed by atoms with van der Waals surface area (Å²) < 4.78 is 2.61. The van der Waals surface area contributed by atoms with Gasteiger partial charge in [0.15, 0.2) is 17.5 Å². The van der Waals surface area contributed by atoms with E-state index in [4.69, 9.17) is 15.0 Å². The lowest BCUT2D eigenvalue weighted by molar-refractivity contribution is 1.08. The van der Waals surface area contributed by atoms with Crippen LogP contribution in [0.5, 0.6) is 0 Å². The van der Waals surface area contributed by atoms with E-state index in [2.05, 4.69) is 133 Å². The summed E-state index contributed by atoms with van der Waals surface area (Å²) in [5.74, 6) is 1.97. The Bertz CT molecular complexity index is 2550. The predicted octanol–water partition coefficient (Wildman–Crippen LogP) is 11.2. The van der Waals surface area contributed by atoms with Crippen LogP contribution in [0.3, 0.4) is 0 Å². The zero-order valence-corrected chi connectivity index (χ0v) is 25.0. The molecule has 2 aromatic heterocycles. The van der Waals surface area contributed by atoms with E-state index in [1.165, 1.54) is 31.1 Å². The molecule has 2 heterocycles. The molecule has 0 aliphatic carbocycles. The fraction of sp³-hybridized carbons (Fsp3) is 0. The van der Waals surface area contributed by atoms with Crippen molar-refractivity contribution in [3.05, 3.63) is 152 Å². The second-order valence-electron chi connectivity index (χ2n) is 11.3. The molecule has 3 nitrogen and oxygen atoms in total. The highest BCUT2D eigenvalue weighted by atomic mass is 32.1. The van der Waals surface area contributed by atoms with Crippen LogP contribution in [-0.2, 0) is 0 Å². The van der Waals surface area contributed by atoms with Crippen LogP contribution in [0.15, 0.2) is 152 Å². The van der Waals surface area contributed by atoms with Gasteiger partial charge < -0.3 is 0 Å². The SMILES string of the molecule is c1ccc(-c2nc(-c3ccc4ccccc4c3)nc(-c3cc(-c4ccc5sc6ccccc6c5c4)cc4ccccc34)n2)cc1. The highest BCUT2D eigenvalue weighted by molar-refractivity contribution is 7.25. The van der Waals surface area contributed by atoms with Gasteiger partial charge in [0.25, 0.3) is 0 Å². The van der Waals surface area contributed by atoms with Gasteiger partial charge in [0.05, 0.1) is 0 Å². The summed E-state index contributed by atoms with van der Waals surface area (Å²) in [6.07, 6.45) is 0. The van der Waals surface area contributed by atoms with Gasteiger partial charge in [0.1, 0.15) is 0 Å². The van der Waals surface area contributed by atoms with Crippen LogP contribution in [0.25, 0.3) is 87.0 Å². The molecule has 0 spiro atoms. The summed E-state index contributed by atoms with van der Waals surface area (Å²) in [5.41, 5.74) is 5.21. The number of thiophene rings is 1. The molecule has 0 aliphatic heterocycles. The molecular weight excluding hydrogens is 567 g/mol. The molecule has 0 N–H and O–H groups in total. The van der Waals surface area contributed by atoms with Crippen molar-refractivity contribution in [3.8, 4) is 45.3 Å². The average molecular weight is 592 g/mol. The first-order chi connectivity index (χ1) is 22.3. The van der Waals surface area contributed by atoms with E-state index in [1.54, 1.807) is 0 Å². The number of aromatic nitrogens is 3. The Hall–Kier alpha value is -5.71. The summed E-state index contributed by atoms with van der Waals surface area (Å²) in [4.78, 5) is 15.3. The van der Waals surface area contributed by atoms with Gasteiger partial charge in [0, 0.05) is 36.9 Å². The topological polar surface area (TPSA) is 38.7 Å². The average Bonchev–Trinajstić information content (AvgIpc) is 3.49. The Kier molecular flexibility index (Phi) is 6.00. The quantitative estimate of drug-likeness (QED) is 0.204. The van der Waals surface area contributed by atoms with E-state index in [0.717, 1.165) is 38.4 Å². The Balaban J connectivity index is 1.28. The smallest absolute Gasteiger partial charge is 0.164 e. The van der Waals surface area contributed by atoms with Gasteiger partial charge >= 0.3 is 0 Å². The van der Waals surface area contributed by atoms with E-state index in [-0.39, 0.29) is 0 Å². The molecule has 7 aromatic carbocycles. The van der Waals surface area contributed by atoms with Gasteiger partial charge in [-0.3, -0.25) is 0 Å². The molecule has 0 bridgehead atoms. The molecule has 0 radical (unpaired) electrons. The fourth-order valence-corrected chi connectivity index (χ4v) is 7.32. The second kappa shape index (κ2) is 10.5. The maximum Gasteiger partial charge on any atom is 0.164 e. The van der Waals surface area contributed by atoms with Crippen LogP contribution >= 0.6 is 11.3 Å². The summed E-state index contributed by atoms with van der Waals surface area (Å²) in [7, 11) is 0. The normalized spacial score (nSPS) is 11.6. The zero-order chi connectivity index (χ0) is 29.7. The minimum Gasteiger partial charge on any atom is -0.208 e. The standard InChI is InChI=1S/C41H25N3S/c1-2-11-27(12-3-1)39-42-40(31-19-18-26-10-4-5-13-28(26)22-31)44-41(43-39)36-25-32(23-30-14-6-7-15-33(30)36)29-20-21-38-35(24-29)34-16-8-9-17-37(34)45-38/h1-25H. The first-order valence-electron chi connectivity index (χ1n) is 15.0. The van der Waals surface area contributed by atoms with E-state index in [1.807, 2.05) is 29.5 Å². The molecule has 9 aromatic rings. The first kappa shape index (κ1) is 25.8. The number of rotatable bonds is 4. The molecule has 210 valence electrons. The molecular formula is C41H25N3S. The van der Waals surface area contributed by atoms with Crippen molar-refractivity contribution in [1.82, 2.24) is 15.0 Å². The third kappa shape index (κ3) is 4.55. The van der Waals surface area contributed by atoms with Crippen molar-refractivity contribution in [3.63, 3.8) is 0 Å². The van der Waals surface area contributed by atoms with E-state index in [9.17, 15) is 0 Å². The van der Waals surface area contributed by atoms with Crippen LogP contribution in [0.4, 0.5) is 0 Å². The van der Waals surface area contributed by atoms with Gasteiger partial charge in [-0.2, -0.15) is 0 Å². The van der Waals surface area contributed by atoms with Crippen LogP contribution in [0, 0.1) is 0 Å². The summed E-state index contributed by atoms with van der Waals surface area (Å²) >= 11 is 1.84. The van der Waals surface area contributed by atoms with Crippen LogP contribution < -0.4 is 0 Å². The molecule has 0 saturated carbocycles. The lowest BCUT2D eigenvalue weighted by atomic mass is 9.95. The van der Waals surface area contributed by atoms with Crippen LogP contribution in [-0.4, -0.2) is 15.0 Å². The monoisotopic (exact) mass is 591 g/mol. The summed E-state index contributed by atoms with van der Waals surface area (Å²) in [6.45, 7) is 0. The Morgan fingerprint density at radius 1 is 0.333 bits per heavy atom. The van der Waals surface area contributed by atoms with Crippen molar-refractivity contribution < 1.29 is 0 Å². The lowest BCUT2D eigenvalue weighted by Crippen LogP contribution is -2.01. The molecule has 4 heteroatoms. The molecule has 0 aliphatic rings. The fourth-order valence-electron chi connectivity index (χ4n) is 6.24. The number of hydrogen-bond acceptors (Lipinski definition) is 4. The van der Waals surface area contributed by atoms with Gasteiger partial charge in [-0.1, -0.05) is 115 Å². The molecule has 0 fully saturated rings.